The van der Waals surface area contributed by atoms with Crippen LogP contribution in [0.15, 0.2) is 84.0 Å². The Morgan fingerprint density at radius 2 is 1.52 bits per heavy atom. The summed E-state index contributed by atoms with van der Waals surface area (Å²) in [5.74, 6) is 0.369. The Morgan fingerprint density at radius 1 is 0.862 bits per heavy atom. The standard InChI is InChI=1S/C23H20N2O4/c1-2-28-20-14-10-19(11-15-20)23(27)29-21-12-8-17(9-13-21)16-24-25-22(26)18-6-4-3-5-7-18/h3-16H,2H2,1H3,(H,25,26)/b24-16-. The van der Waals surface area contributed by atoms with Crippen LogP contribution in [0.2, 0.25) is 0 Å². The summed E-state index contributed by atoms with van der Waals surface area (Å²) in [5.41, 5.74) is 4.18. The van der Waals surface area contributed by atoms with E-state index in [0.717, 1.165) is 5.56 Å². The molecule has 6 heteroatoms. The molecule has 0 fully saturated rings. The quantitative estimate of drug-likeness (QED) is 0.286. The minimum absolute atomic E-state index is 0.289. The monoisotopic (exact) mass is 388 g/mol. The Morgan fingerprint density at radius 3 is 2.17 bits per heavy atom. The number of hydrogen-bond donors (Lipinski definition) is 1. The van der Waals surface area contributed by atoms with Gasteiger partial charge in [0.1, 0.15) is 11.5 Å². The average molecular weight is 388 g/mol. The molecule has 0 radical (unpaired) electrons. The first kappa shape index (κ1) is 19.8. The third-order valence-corrected chi connectivity index (χ3v) is 3.91. The van der Waals surface area contributed by atoms with Gasteiger partial charge in [-0.25, -0.2) is 10.2 Å². The van der Waals surface area contributed by atoms with Gasteiger partial charge >= 0.3 is 5.97 Å². The molecule has 6 nitrogen and oxygen atoms in total. The molecule has 0 spiro atoms. The summed E-state index contributed by atoms with van der Waals surface area (Å²) >= 11 is 0. The van der Waals surface area contributed by atoms with Crippen LogP contribution in [0.3, 0.4) is 0 Å². The summed E-state index contributed by atoms with van der Waals surface area (Å²) in [6, 6.07) is 22.4. The second-order valence-corrected chi connectivity index (χ2v) is 5.98. The molecule has 146 valence electrons. The second kappa shape index (κ2) is 9.85. The number of nitrogens with zero attached hydrogens (tertiary/aromatic N) is 1. The number of rotatable bonds is 7. The van der Waals surface area contributed by atoms with E-state index in [2.05, 4.69) is 10.5 Å². The van der Waals surface area contributed by atoms with Crippen LogP contribution in [-0.2, 0) is 0 Å². The molecule has 29 heavy (non-hydrogen) atoms. The molecular weight excluding hydrogens is 368 g/mol. The van der Waals surface area contributed by atoms with Crippen LogP contribution < -0.4 is 14.9 Å². The Labute approximate surface area is 168 Å². The maximum absolute atomic E-state index is 12.2. The fraction of sp³-hybridized carbons (Fsp3) is 0.0870. The minimum atomic E-state index is -0.454. The van der Waals surface area contributed by atoms with Crippen molar-refractivity contribution in [1.82, 2.24) is 5.43 Å². The third kappa shape index (κ3) is 5.77. The van der Waals surface area contributed by atoms with E-state index in [1.807, 2.05) is 13.0 Å². The summed E-state index contributed by atoms with van der Waals surface area (Å²) in [5, 5.41) is 3.94. The number of nitrogens with one attached hydrogen (secondary N) is 1. The molecule has 0 aliphatic rings. The van der Waals surface area contributed by atoms with Gasteiger partial charge in [-0.1, -0.05) is 18.2 Å². The SMILES string of the molecule is CCOc1ccc(C(=O)Oc2ccc(/C=N\NC(=O)c3ccccc3)cc2)cc1. The molecule has 3 aromatic rings. The van der Waals surface area contributed by atoms with Gasteiger partial charge in [-0.15, -0.1) is 0 Å². The lowest BCUT2D eigenvalue weighted by atomic mass is 10.2. The van der Waals surface area contributed by atoms with Gasteiger partial charge in [0, 0.05) is 5.56 Å². The molecule has 0 aliphatic heterocycles. The number of hydrogen-bond acceptors (Lipinski definition) is 5. The topological polar surface area (TPSA) is 77.0 Å². The van der Waals surface area contributed by atoms with E-state index in [1.165, 1.54) is 6.21 Å². The Bertz CT molecular complexity index is 982. The van der Waals surface area contributed by atoms with Gasteiger partial charge in [0.2, 0.25) is 0 Å². The number of esters is 1. The molecule has 1 amide bonds. The number of carbonyl (C=O) groups is 2. The van der Waals surface area contributed by atoms with E-state index in [0.29, 0.717) is 29.2 Å². The van der Waals surface area contributed by atoms with Crippen LogP contribution in [0.5, 0.6) is 11.5 Å². The van der Waals surface area contributed by atoms with E-state index in [-0.39, 0.29) is 5.91 Å². The van der Waals surface area contributed by atoms with Crippen LogP contribution in [0.4, 0.5) is 0 Å². The van der Waals surface area contributed by atoms with Crippen molar-refractivity contribution in [2.24, 2.45) is 5.10 Å². The highest BCUT2D eigenvalue weighted by atomic mass is 16.5. The predicted molar refractivity (Wildman–Crippen MR) is 111 cm³/mol. The second-order valence-electron chi connectivity index (χ2n) is 5.98. The average Bonchev–Trinajstić information content (AvgIpc) is 2.76. The smallest absolute Gasteiger partial charge is 0.343 e. The molecule has 0 saturated heterocycles. The Hall–Kier alpha value is -3.93. The number of benzene rings is 3. The highest BCUT2D eigenvalue weighted by Gasteiger charge is 2.09. The largest absolute Gasteiger partial charge is 0.494 e. The van der Waals surface area contributed by atoms with Crippen molar-refractivity contribution in [3.05, 3.63) is 95.6 Å². The molecule has 0 heterocycles. The first-order valence-corrected chi connectivity index (χ1v) is 9.09. The molecule has 3 rings (SSSR count). The highest BCUT2D eigenvalue weighted by Crippen LogP contribution is 2.16. The fourth-order valence-electron chi connectivity index (χ4n) is 2.46. The lowest BCUT2D eigenvalue weighted by Crippen LogP contribution is -2.17. The zero-order chi connectivity index (χ0) is 20.5. The molecule has 0 saturated carbocycles. The van der Waals surface area contributed by atoms with Crippen molar-refractivity contribution in [1.29, 1.82) is 0 Å². The Kier molecular flexibility index (Phi) is 6.73. The number of amides is 1. The maximum atomic E-state index is 12.2. The van der Waals surface area contributed by atoms with Crippen LogP contribution in [0, 0.1) is 0 Å². The molecule has 0 aliphatic carbocycles. The zero-order valence-corrected chi connectivity index (χ0v) is 15.9. The van der Waals surface area contributed by atoms with Crippen LogP contribution in [0.25, 0.3) is 0 Å². The molecular formula is C23H20N2O4. The van der Waals surface area contributed by atoms with Crippen molar-refractivity contribution in [2.45, 2.75) is 6.92 Å². The van der Waals surface area contributed by atoms with Crippen LogP contribution in [0.1, 0.15) is 33.2 Å². The molecule has 3 aromatic carbocycles. The van der Waals surface area contributed by atoms with Crippen molar-refractivity contribution in [2.75, 3.05) is 6.61 Å². The highest BCUT2D eigenvalue weighted by molar-refractivity contribution is 5.95. The molecule has 0 bridgehead atoms. The van der Waals surface area contributed by atoms with E-state index in [1.54, 1.807) is 72.8 Å². The van der Waals surface area contributed by atoms with Crippen molar-refractivity contribution >= 4 is 18.1 Å². The first-order valence-electron chi connectivity index (χ1n) is 9.09. The van der Waals surface area contributed by atoms with E-state index >= 15 is 0 Å². The summed E-state index contributed by atoms with van der Waals surface area (Å²) in [6.07, 6.45) is 1.51. The first-order chi connectivity index (χ1) is 14.2. The van der Waals surface area contributed by atoms with Crippen molar-refractivity contribution < 1.29 is 19.1 Å². The van der Waals surface area contributed by atoms with Crippen LogP contribution >= 0.6 is 0 Å². The van der Waals surface area contributed by atoms with E-state index < -0.39 is 5.97 Å². The van der Waals surface area contributed by atoms with Gasteiger partial charge in [0.15, 0.2) is 0 Å². The fourth-order valence-corrected chi connectivity index (χ4v) is 2.46. The third-order valence-electron chi connectivity index (χ3n) is 3.91. The summed E-state index contributed by atoms with van der Waals surface area (Å²) in [7, 11) is 0. The summed E-state index contributed by atoms with van der Waals surface area (Å²) in [4.78, 5) is 24.1. The van der Waals surface area contributed by atoms with Gasteiger partial charge < -0.3 is 9.47 Å². The van der Waals surface area contributed by atoms with Gasteiger partial charge in [-0.2, -0.15) is 5.10 Å². The van der Waals surface area contributed by atoms with Gasteiger partial charge in [0.05, 0.1) is 18.4 Å². The van der Waals surface area contributed by atoms with E-state index in [9.17, 15) is 9.59 Å². The molecule has 0 aromatic heterocycles. The van der Waals surface area contributed by atoms with Crippen molar-refractivity contribution in [3.63, 3.8) is 0 Å². The summed E-state index contributed by atoms with van der Waals surface area (Å²) < 4.78 is 10.7. The minimum Gasteiger partial charge on any atom is -0.494 e. The van der Waals surface area contributed by atoms with Gasteiger partial charge in [0.25, 0.3) is 5.91 Å². The molecule has 1 N–H and O–H groups in total. The maximum Gasteiger partial charge on any atom is 0.343 e. The van der Waals surface area contributed by atoms with Crippen molar-refractivity contribution in [3.8, 4) is 11.5 Å². The molecule has 0 unspecified atom stereocenters. The zero-order valence-electron chi connectivity index (χ0n) is 15.9. The number of ether oxygens (including phenoxy) is 2. The van der Waals surface area contributed by atoms with E-state index in [4.69, 9.17) is 9.47 Å². The lowest BCUT2D eigenvalue weighted by molar-refractivity contribution is 0.0734. The number of carbonyl (C=O) groups excluding carboxylic acids is 2. The van der Waals surface area contributed by atoms with Gasteiger partial charge in [-0.3, -0.25) is 4.79 Å². The van der Waals surface area contributed by atoms with Crippen LogP contribution in [-0.4, -0.2) is 24.7 Å². The lowest BCUT2D eigenvalue weighted by Gasteiger charge is -2.06. The predicted octanol–water partition coefficient (Wildman–Crippen LogP) is 4.07. The van der Waals surface area contributed by atoms with Gasteiger partial charge in [-0.05, 0) is 73.2 Å². The Balaban J connectivity index is 1.54. The number of hydrazone groups is 1. The summed E-state index contributed by atoms with van der Waals surface area (Å²) in [6.45, 7) is 2.46. The normalized spacial score (nSPS) is 10.5. The molecule has 0 atom stereocenters.